The number of morpholine rings is 1. The van der Waals surface area contributed by atoms with Gasteiger partial charge in [-0.15, -0.1) is 0 Å². The van der Waals surface area contributed by atoms with Crippen LogP contribution in [-0.2, 0) is 14.3 Å². The molecule has 0 radical (unpaired) electrons. The first-order valence-corrected chi connectivity index (χ1v) is 11.2. The van der Waals surface area contributed by atoms with Crippen molar-refractivity contribution < 1.29 is 14.3 Å². The lowest BCUT2D eigenvalue weighted by atomic mass is 9.49. The quantitative estimate of drug-likeness (QED) is 0.849. The number of benzene rings is 1. The van der Waals surface area contributed by atoms with E-state index in [9.17, 15) is 9.59 Å². The van der Waals surface area contributed by atoms with Gasteiger partial charge in [-0.05, 0) is 93.4 Å². The monoisotopic (exact) mass is 396 g/mol. The molecule has 1 atom stereocenters. The molecule has 6 rings (SSSR count). The van der Waals surface area contributed by atoms with E-state index in [1.54, 1.807) is 0 Å². The lowest BCUT2D eigenvalue weighted by Gasteiger charge is -2.55. The van der Waals surface area contributed by atoms with Crippen molar-refractivity contribution in [1.82, 2.24) is 5.32 Å². The minimum Gasteiger partial charge on any atom is -0.365 e. The Morgan fingerprint density at radius 2 is 1.66 bits per heavy atom. The molecule has 5 heteroatoms. The molecule has 5 aliphatic rings. The van der Waals surface area contributed by atoms with E-state index in [1.807, 2.05) is 30.9 Å². The molecule has 0 aromatic heterocycles. The third-order valence-electron chi connectivity index (χ3n) is 7.66. The van der Waals surface area contributed by atoms with Gasteiger partial charge in [0, 0.05) is 17.6 Å². The van der Waals surface area contributed by atoms with Crippen LogP contribution in [0, 0.1) is 37.0 Å². The van der Waals surface area contributed by atoms with Crippen molar-refractivity contribution in [3.8, 4) is 0 Å². The van der Waals surface area contributed by atoms with E-state index in [0.717, 1.165) is 53.8 Å². The second kappa shape index (κ2) is 7.12. The fourth-order valence-electron chi connectivity index (χ4n) is 6.89. The van der Waals surface area contributed by atoms with Gasteiger partial charge in [-0.3, -0.25) is 9.59 Å². The summed E-state index contributed by atoms with van der Waals surface area (Å²) >= 11 is 0. The van der Waals surface area contributed by atoms with E-state index in [1.165, 1.54) is 19.3 Å². The van der Waals surface area contributed by atoms with E-state index >= 15 is 0 Å². The largest absolute Gasteiger partial charge is 0.365 e. The molecule has 1 saturated heterocycles. The number of carbonyl (C=O) groups is 2. The fourth-order valence-corrected chi connectivity index (χ4v) is 6.89. The molecular weight excluding hydrogens is 364 g/mol. The molecule has 156 valence electrons. The summed E-state index contributed by atoms with van der Waals surface area (Å²) < 4.78 is 5.77. The summed E-state index contributed by atoms with van der Waals surface area (Å²) in [6.45, 7) is 5.14. The first-order chi connectivity index (χ1) is 13.9. The zero-order chi connectivity index (χ0) is 20.2. The number of amides is 2. The Labute approximate surface area is 173 Å². The Kier molecular flexibility index (Phi) is 4.69. The molecule has 1 aromatic carbocycles. The highest BCUT2D eigenvalue weighted by Gasteiger charge is 2.54. The average molecular weight is 397 g/mol. The van der Waals surface area contributed by atoms with Crippen LogP contribution in [0.4, 0.5) is 5.69 Å². The van der Waals surface area contributed by atoms with Crippen LogP contribution in [0.2, 0.25) is 0 Å². The molecule has 4 saturated carbocycles. The number of nitrogens with zero attached hydrogens (tertiary/aromatic N) is 1. The van der Waals surface area contributed by atoms with Gasteiger partial charge in [-0.2, -0.15) is 0 Å². The number of nitrogens with one attached hydrogen (secondary N) is 1. The molecule has 0 spiro atoms. The normalized spacial score (nSPS) is 35.8. The molecular formula is C24H32N2O3. The maximum Gasteiger partial charge on any atom is 0.253 e. The number of rotatable bonds is 4. The second-order valence-corrected chi connectivity index (χ2v) is 10.2. The topological polar surface area (TPSA) is 58.6 Å². The van der Waals surface area contributed by atoms with Crippen molar-refractivity contribution in [3.63, 3.8) is 0 Å². The third-order valence-corrected chi connectivity index (χ3v) is 7.66. The minimum absolute atomic E-state index is 0.0151. The number of hydrogen-bond acceptors (Lipinski definition) is 3. The van der Waals surface area contributed by atoms with Gasteiger partial charge in [0.25, 0.3) is 5.91 Å². The van der Waals surface area contributed by atoms with Crippen LogP contribution in [-0.4, -0.2) is 37.6 Å². The number of aryl methyl sites for hydroxylation is 2. The second-order valence-electron chi connectivity index (χ2n) is 10.2. The van der Waals surface area contributed by atoms with Gasteiger partial charge in [-0.25, -0.2) is 0 Å². The first kappa shape index (κ1) is 19.1. The van der Waals surface area contributed by atoms with Gasteiger partial charge in [-0.1, -0.05) is 6.07 Å². The zero-order valence-electron chi connectivity index (χ0n) is 17.6. The fraction of sp³-hybridized carbons (Fsp3) is 0.667. The standard InChI is InChI=1S/C24H32N2O3/c1-15-3-16(2)5-20(4-15)26-13-21(29-14-22(26)27)12-25-23(28)24-9-17-6-18(10-24)8-19(7-17)11-24/h3-5,17-19,21H,6-14H2,1-2H3,(H,25,28). The Hall–Kier alpha value is -1.88. The zero-order valence-corrected chi connectivity index (χ0v) is 17.6. The third kappa shape index (κ3) is 3.58. The molecule has 4 bridgehead atoms. The molecule has 5 fully saturated rings. The van der Waals surface area contributed by atoms with Gasteiger partial charge in [0.15, 0.2) is 0 Å². The van der Waals surface area contributed by atoms with E-state index < -0.39 is 0 Å². The van der Waals surface area contributed by atoms with Crippen LogP contribution in [0.3, 0.4) is 0 Å². The molecule has 1 unspecified atom stereocenters. The highest BCUT2D eigenvalue weighted by molar-refractivity contribution is 5.95. The summed E-state index contributed by atoms with van der Waals surface area (Å²) in [6.07, 6.45) is 7.07. The predicted molar refractivity (Wildman–Crippen MR) is 112 cm³/mol. The van der Waals surface area contributed by atoms with E-state index in [4.69, 9.17) is 4.74 Å². The van der Waals surface area contributed by atoms with Crippen molar-refractivity contribution in [1.29, 1.82) is 0 Å². The predicted octanol–water partition coefficient (Wildman–Crippen LogP) is 3.37. The van der Waals surface area contributed by atoms with Gasteiger partial charge < -0.3 is 15.0 Å². The van der Waals surface area contributed by atoms with Crippen LogP contribution in [0.5, 0.6) is 0 Å². The van der Waals surface area contributed by atoms with Crippen molar-refractivity contribution in [2.24, 2.45) is 23.2 Å². The van der Waals surface area contributed by atoms with Crippen LogP contribution in [0.1, 0.15) is 49.7 Å². The van der Waals surface area contributed by atoms with Crippen molar-refractivity contribution in [2.45, 2.75) is 58.5 Å². The van der Waals surface area contributed by atoms with Gasteiger partial charge >= 0.3 is 0 Å². The molecule has 2 amide bonds. The highest BCUT2D eigenvalue weighted by atomic mass is 16.5. The van der Waals surface area contributed by atoms with E-state index in [0.29, 0.717) is 13.1 Å². The lowest BCUT2D eigenvalue weighted by molar-refractivity contribution is -0.147. The minimum atomic E-state index is -0.161. The molecule has 1 N–H and O–H groups in total. The van der Waals surface area contributed by atoms with Gasteiger partial charge in [0.1, 0.15) is 6.61 Å². The van der Waals surface area contributed by atoms with Gasteiger partial charge in [0.05, 0.1) is 12.6 Å². The Morgan fingerprint density at radius 1 is 1.07 bits per heavy atom. The lowest BCUT2D eigenvalue weighted by Crippen LogP contribution is -2.56. The molecule has 29 heavy (non-hydrogen) atoms. The maximum atomic E-state index is 13.2. The summed E-state index contributed by atoms with van der Waals surface area (Å²) in [5.74, 6) is 2.50. The Morgan fingerprint density at radius 3 is 2.24 bits per heavy atom. The maximum absolute atomic E-state index is 13.2. The number of ether oxygens (including phenoxy) is 1. The summed E-state index contributed by atoms with van der Waals surface area (Å²) in [6, 6.07) is 6.19. The van der Waals surface area contributed by atoms with Gasteiger partial charge in [0.2, 0.25) is 5.91 Å². The summed E-state index contributed by atoms with van der Waals surface area (Å²) in [5.41, 5.74) is 3.08. The van der Waals surface area contributed by atoms with Crippen LogP contribution >= 0.6 is 0 Å². The summed E-state index contributed by atoms with van der Waals surface area (Å²) in [5, 5.41) is 3.22. The van der Waals surface area contributed by atoms with E-state index in [-0.39, 0.29) is 29.9 Å². The molecule has 4 aliphatic carbocycles. The molecule has 1 heterocycles. The van der Waals surface area contributed by atoms with Crippen molar-refractivity contribution in [2.75, 3.05) is 24.6 Å². The van der Waals surface area contributed by atoms with Crippen molar-refractivity contribution >= 4 is 17.5 Å². The van der Waals surface area contributed by atoms with Crippen LogP contribution < -0.4 is 10.2 Å². The first-order valence-electron chi connectivity index (χ1n) is 11.2. The number of carbonyl (C=O) groups excluding carboxylic acids is 2. The summed E-state index contributed by atoms with van der Waals surface area (Å²) in [7, 11) is 0. The molecule has 5 nitrogen and oxygen atoms in total. The van der Waals surface area contributed by atoms with Crippen LogP contribution in [0.25, 0.3) is 0 Å². The smallest absolute Gasteiger partial charge is 0.253 e. The SMILES string of the molecule is Cc1cc(C)cc(N2CC(CNC(=O)C34CC5CC(CC(C5)C3)C4)OCC2=O)c1. The average Bonchev–Trinajstić information content (AvgIpc) is 2.65. The molecule has 1 aliphatic heterocycles. The summed E-state index contributed by atoms with van der Waals surface area (Å²) in [4.78, 5) is 27.5. The molecule has 1 aromatic rings. The Bertz CT molecular complexity index is 778. The number of hydrogen-bond donors (Lipinski definition) is 1. The van der Waals surface area contributed by atoms with Crippen molar-refractivity contribution in [3.05, 3.63) is 29.3 Å². The number of anilines is 1. The van der Waals surface area contributed by atoms with E-state index in [2.05, 4.69) is 11.4 Å². The highest BCUT2D eigenvalue weighted by Crippen LogP contribution is 2.60. The Balaban J connectivity index is 1.23. The van der Waals surface area contributed by atoms with Crippen LogP contribution in [0.15, 0.2) is 18.2 Å².